The topological polar surface area (TPSA) is 50.7 Å². The molecule has 0 unspecified atom stereocenters. The van der Waals surface area contributed by atoms with E-state index in [0.717, 1.165) is 11.3 Å². The number of nitrogens with zero attached hydrogens (tertiary/aromatic N) is 1. The fourth-order valence-electron chi connectivity index (χ4n) is 0.966. The van der Waals surface area contributed by atoms with Gasteiger partial charge in [-0.05, 0) is 12.1 Å². The molecule has 14 heavy (non-hydrogen) atoms. The number of para-hydroxylation sites is 1. The lowest BCUT2D eigenvalue weighted by Crippen LogP contribution is -2.12. The number of hydrazone groups is 1. The van der Waals surface area contributed by atoms with E-state index < -0.39 is 0 Å². The molecule has 0 saturated carbocycles. The molecule has 1 N–H and O–H groups in total. The van der Waals surface area contributed by atoms with Gasteiger partial charge in [-0.25, -0.2) is 5.43 Å². The van der Waals surface area contributed by atoms with E-state index in [2.05, 4.69) is 10.5 Å². The molecular weight excluding hydrogens is 180 g/mol. The van der Waals surface area contributed by atoms with Crippen molar-refractivity contribution in [3.8, 4) is 5.75 Å². The van der Waals surface area contributed by atoms with E-state index in [9.17, 15) is 4.79 Å². The molecule has 0 bridgehead atoms. The molecule has 0 radical (unpaired) electrons. The van der Waals surface area contributed by atoms with Crippen molar-refractivity contribution >= 4 is 12.1 Å². The van der Waals surface area contributed by atoms with Gasteiger partial charge in [0, 0.05) is 12.5 Å². The van der Waals surface area contributed by atoms with Crippen LogP contribution in [-0.2, 0) is 4.79 Å². The lowest BCUT2D eigenvalue weighted by molar-refractivity contribution is -0.118. The summed E-state index contributed by atoms with van der Waals surface area (Å²) in [6.45, 7) is 1.40. The number of nitrogens with one attached hydrogen (secondary N) is 1. The van der Waals surface area contributed by atoms with Gasteiger partial charge in [0.05, 0.1) is 13.3 Å². The molecule has 0 fully saturated rings. The highest BCUT2D eigenvalue weighted by atomic mass is 16.5. The predicted molar refractivity (Wildman–Crippen MR) is 54.4 cm³/mol. The molecule has 0 aliphatic carbocycles. The maximum absolute atomic E-state index is 10.5. The lowest BCUT2D eigenvalue weighted by atomic mass is 10.2. The molecule has 4 heteroatoms. The van der Waals surface area contributed by atoms with Crippen LogP contribution in [0.15, 0.2) is 29.4 Å². The number of hydrogen-bond donors (Lipinski definition) is 1. The Balaban J connectivity index is 2.75. The van der Waals surface area contributed by atoms with Gasteiger partial charge in [-0.3, -0.25) is 4.79 Å². The summed E-state index contributed by atoms with van der Waals surface area (Å²) >= 11 is 0. The number of benzene rings is 1. The van der Waals surface area contributed by atoms with Gasteiger partial charge in [-0.1, -0.05) is 12.1 Å². The number of rotatable bonds is 3. The van der Waals surface area contributed by atoms with Crippen LogP contribution in [0.25, 0.3) is 0 Å². The van der Waals surface area contributed by atoms with Gasteiger partial charge in [-0.2, -0.15) is 5.10 Å². The van der Waals surface area contributed by atoms with Gasteiger partial charge in [0.15, 0.2) is 0 Å². The van der Waals surface area contributed by atoms with Crippen molar-refractivity contribution in [2.45, 2.75) is 6.92 Å². The van der Waals surface area contributed by atoms with Crippen molar-refractivity contribution < 1.29 is 9.53 Å². The number of hydrogen-bond acceptors (Lipinski definition) is 3. The largest absolute Gasteiger partial charge is 0.496 e. The normalized spacial score (nSPS) is 10.1. The summed E-state index contributed by atoms with van der Waals surface area (Å²) < 4.78 is 5.10. The van der Waals surface area contributed by atoms with Crippen molar-refractivity contribution in [3.63, 3.8) is 0 Å². The third-order valence-corrected chi connectivity index (χ3v) is 1.56. The summed E-state index contributed by atoms with van der Waals surface area (Å²) in [5.41, 5.74) is 3.14. The van der Waals surface area contributed by atoms with Crippen LogP contribution in [0.1, 0.15) is 12.5 Å². The summed E-state index contributed by atoms with van der Waals surface area (Å²) in [6, 6.07) is 7.42. The SMILES string of the molecule is COc1ccccc1C=NNC(C)=O. The van der Waals surface area contributed by atoms with Crippen molar-refractivity contribution in [2.24, 2.45) is 5.10 Å². The molecule has 1 rings (SSSR count). The summed E-state index contributed by atoms with van der Waals surface area (Å²) in [6.07, 6.45) is 1.54. The summed E-state index contributed by atoms with van der Waals surface area (Å²) in [5.74, 6) is 0.526. The van der Waals surface area contributed by atoms with Crippen LogP contribution in [0.3, 0.4) is 0 Å². The van der Waals surface area contributed by atoms with Crippen LogP contribution in [0, 0.1) is 0 Å². The zero-order chi connectivity index (χ0) is 10.4. The molecule has 0 spiro atoms. The minimum absolute atomic E-state index is 0.198. The zero-order valence-electron chi connectivity index (χ0n) is 8.15. The number of ether oxygens (including phenoxy) is 1. The van der Waals surface area contributed by atoms with Crippen molar-refractivity contribution in [1.82, 2.24) is 5.43 Å². The Labute approximate surface area is 82.6 Å². The van der Waals surface area contributed by atoms with Crippen LogP contribution in [0.4, 0.5) is 0 Å². The number of methoxy groups -OCH3 is 1. The zero-order valence-corrected chi connectivity index (χ0v) is 8.15. The first-order valence-corrected chi connectivity index (χ1v) is 4.16. The van der Waals surface area contributed by atoms with E-state index >= 15 is 0 Å². The van der Waals surface area contributed by atoms with Gasteiger partial charge >= 0.3 is 0 Å². The van der Waals surface area contributed by atoms with E-state index in [1.807, 2.05) is 24.3 Å². The lowest BCUT2D eigenvalue weighted by Gasteiger charge is -2.02. The molecule has 1 aromatic rings. The van der Waals surface area contributed by atoms with E-state index in [-0.39, 0.29) is 5.91 Å². The minimum atomic E-state index is -0.198. The molecule has 0 saturated heterocycles. The molecule has 74 valence electrons. The van der Waals surface area contributed by atoms with Gasteiger partial charge in [0.1, 0.15) is 5.75 Å². The molecule has 0 aliphatic heterocycles. The summed E-state index contributed by atoms with van der Waals surface area (Å²) in [4.78, 5) is 10.5. The number of carbonyl (C=O) groups excluding carboxylic acids is 1. The highest BCUT2D eigenvalue weighted by Gasteiger charge is 1.96. The standard InChI is InChI=1S/C10H12N2O2/c1-8(13)12-11-7-9-5-3-4-6-10(9)14-2/h3-7H,1-2H3,(H,12,13). The van der Waals surface area contributed by atoms with E-state index in [4.69, 9.17) is 4.74 Å². The molecule has 0 heterocycles. The monoisotopic (exact) mass is 192 g/mol. The Bertz CT molecular complexity index is 348. The third-order valence-electron chi connectivity index (χ3n) is 1.56. The smallest absolute Gasteiger partial charge is 0.236 e. The second-order valence-electron chi connectivity index (χ2n) is 2.67. The van der Waals surface area contributed by atoms with Crippen molar-refractivity contribution in [2.75, 3.05) is 7.11 Å². The molecular formula is C10H12N2O2. The molecule has 0 aliphatic rings. The van der Waals surface area contributed by atoms with Gasteiger partial charge in [-0.15, -0.1) is 0 Å². The van der Waals surface area contributed by atoms with Crippen LogP contribution in [-0.4, -0.2) is 19.2 Å². The summed E-state index contributed by atoms with van der Waals surface area (Å²) in [7, 11) is 1.59. The quantitative estimate of drug-likeness (QED) is 0.577. The first-order chi connectivity index (χ1) is 6.74. The molecule has 1 amide bonds. The van der Waals surface area contributed by atoms with E-state index in [0.29, 0.717) is 0 Å². The first kappa shape index (κ1) is 10.2. The van der Waals surface area contributed by atoms with Gasteiger partial charge < -0.3 is 4.74 Å². The van der Waals surface area contributed by atoms with E-state index in [1.54, 1.807) is 13.3 Å². The highest BCUT2D eigenvalue weighted by molar-refractivity contribution is 5.84. The maximum atomic E-state index is 10.5. The Morgan fingerprint density at radius 1 is 1.50 bits per heavy atom. The molecule has 4 nitrogen and oxygen atoms in total. The third kappa shape index (κ3) is 2.90. The number of carbonyl (C=O) groups is 1. The number of amides is 1. The van der Waals surface area contributed by atoms with Crippen LogP contribution in [0.5, 0.6) is 5.75 Å². The molecule has 0 atom stereocenters. The highest BCUT2D eigenvalue weighted by Crippen LogP contribution is 2.14. The van der Waals surface area contributed by atoms with Crippen LogP contribution in [0.2, 0.25) is 0 Å². The average molecular weight is 192 g/mol. The average Bonchev–Trinajstić information content (AvgIpc) is 2.18. The Morgan fingerprint density at radius 3 is 2.86 bits per heavy atom. The predicted octanol–water partition coefficient (Wildman–Crippen LogP) is 1.17. The minimum Gasteiger partial charge on any atom is -0.496 e. The van der Waals surface area contributed by atoms with Crippen LogP contribution >= 0.6 is 0 Å². The fraction of sp³-hybridized carbons (Fsp3) is 0.200. The van der Waals surface area contributed by atoms with Crippen LogP contribution < -0.4 is 10.2 Å². The Hall–Kier alpha value is -1.84. The fourth-order valence-corrected chi connectivity index (χ4v) is 0.966. The second kappa shape index (κ2) is 5.01. The van der Waals surface area contributed by atoms with Crippen molar-refractivity contribution in [1.29, 1.82) is 0 Å². The van der Waals surface area contributed by atoms with E-state index in [1.165, 1.54) is 6.92 Å². The first-order valence-electron chi connectivity index (χ1n) is 4.16. The van der Waals surface area contributed by atoms with Gasteiger partial charge in [0.2, 0.25) is 5.91 Å². The van der Waals surface area contributed by atoms with Crippen molar-refractivity contribution in [3.05, 3.63) is 29.8 Å². The maximum Gasteiger partial charge on any atom is 0.236 e. The Kier molecular flexibility index (Phi) is 3.67. The molecule has 1 aromatic carbocycles. The second-order valence-corrected chi connectivity index (χ2v) is 2.67. The van der Waals surface area contributed by atoms with Gasteiger partial charge in [0.25, 0.3) is 0 Å². The molecule has 0 aromatic heterocycles. The Morgan fingerprint density at radius 2 is 2.21 bits per heavy atom. The summed E-state index contributed by atoms with van der Waals surface area (Å²) in [5, 5.41) is 3.75.